The van der Waals surface area contributed by atoms with Crippen LogP contribution in [0.15, 0.2) is 53.6 Å². The lowest BCUT2D eigenvalue weighted by molar-refractivity contribution is 0.0950. The lowest BCUT2D eigenvalue weighted by Crippen LogP contribution is -2.18. The van der Waals surface area contributed by atoms with Crippen LogP contribution in [0.2, 0.25) is 0 Å². The maximum atomic E-state index is 12.3. The molecule has 0 radical (unpaired) electrons. The quantitative estimate of drug-likeness (QED) is 0.451. The van der Waals surface area contributed by atoms with Crippen LogP contribution >= 0.6 is 0 Å². The second-order valence-electron chi connectivity index (χ2n) is 5.93. The van der Waals surface area contributed by atoms with E-state index < -0.39 is 5.91 Å². The summed E-state index contributed by atoms with van der Waals surface area (Å²) in [4.78, 5) is 12.3. The molecule has 0 fully saturated rings. The molecule has 29 heavy (non-hydrogen) atoms. The van der Waals surface area contributed by atoms with Gasteiger partial charge in [0.25, 0.3) is 5.91 Å². The Morgan fingerprint density at radius 1 is 1.10 bits per heavy atom. The van der Waals surface area contributed by atoms with Crippen molar-refractivity contribution in [3.63, 3.8) is 0 Å². The molecule has 8 heteroatoms. The van der Waals surface area contributed by atoms with Crippen molar-refractivity contribution in [1.29, 1.82) is 0 Å². The molecule has 0 aliphatic heterocycles. The third-order valence-electron chi connectivity index (χ3n) is 4.09. The molecule has 2 aromatic carbocycles. The van der Waals surface area contributed by atoms with E-state index in [0.29, 0.717) is 35.1 Å². The number of carbonyl (C=O) groups excluding carboxylic acids is 1. The number of methoxy groups -OCH3 is 2. The van der Waals surface area contributed by atoms with E-state index in [9.17, 15) is 4.79 Å². The number of amides is 1. The first kappa shape index (κ1) is 19.9. The highest BCUT2D eigenvalue weighted by molar-refractivity contribution is 5.94. The molecular weight excluding hydrogens is 372 g/mol. The third kappa shape index (κ3) is 4.92. The van der Waals surface area contributed by atoms with E-state index in [2.05, 4.69) is 20.7 Å². The molecule has 0 atom stereocenters. The van der Waals surface area contributed by atoms with Crippen LogP contribution in [0.1, 0.15) is 23.0 Å². The van der Waals surface area contributed by atoms with Crippen LogP contribution in [-0.2, 0) is 0 Å². The maximum Gasteiger partial charge on any atom is 0.289 e. The van der Waals surface area contributed by atoms with Gasteiger partial charge < -0.3 is 14.2 Å². The van der Waals surface area contributed by atoms with Gasteiger partial charge >= 0.3 is 0 Å². The molecule has 0 bridgehead atoms. The van der Waals surface area contributed by atoms with Gasteiger partial charge in [0, 0.05) is 11.1 Å². The topological polar surface area (TPSA) is 97.8 Å². The van der Waals surface area contributed by atoms with E-state index in [1.807, 2.05) is 31.2 Å². The van der Waals surface area contributed by atoms with Crippen LogP contribution in [0.4, 0.5) is 0 Å². The Labute approximate surface area is 168 Å². The summed E-state index contributed by atoms with van der Waals surface area (Å²) in [5, 5.41) is 10.9. The Bertz CT molecular complexity index is 996. The number of benzene rings is 2. The number of H-pyrrole nitrogens is 1. The third-order valence-corrected chi connectivity index (χ3v) is 4.09. The largest absolute Gasteiger partial charge is 0.497 e. The van der Waals surface area contributed by atoms with Crippen molar-refractivity contribution in [3.8, 4) is 28.5 Å². The van der Waals surface area contributed by atoms with Crippen molar-refractivity contribution in [2.75, 3.05) is 20.8 Å². The number of hydrogen-bond donors (Lipinski definition) is 2. The Morgan fingerprint density at radius 2 is 1.86 bits per heavy atom. The van der Waals surface area contributed by atoms with Gasteiger partial charge in [0.05, 0.1) is 32.7 Å². The van der Waals surface area contributed by atoms with Gasteiger partial charge in [0.1, 0.15) is 22.9 Å². The van der Waals surface area contributed by atoms with Crippen molar-refractivity contribution in [2.45, 2.75) is 6.92 Å². The number of nitrogens with zero attached hydrogens (tertiary/aromatic N) is 2. The van der Waals surface area contributed by atoms with Crippen molar-refractivity contribution < 1.29 is 19.0 Å². The summed E-state index contributed by atoms with van der Waals surface area (Å²) in [5.41, 5.74) is 4.96. The summed E-state index contributed by atoms with van der Waals surface area (Å²) in [6.07, 6.45) is 1.49. The van der Waals surface area contributed by atoms with Gasteiger partial charge in [-0.25, -0.2) is 5.43 Å². The molecule has 3 aromatic rings. The molecule has 0 unspecified atom stereocenters. The zero-order valence-corrected chi connectivity index (χ0v) is 16.4. The number of hydrazone groups is 1. The Kier molecular flexibility index (Phi) is 6.47. The number of ether oxygens (including phenoxy) is 3. The summed E-state index contributed by atoms with van der Waals surface area (Å²) in [6.45, 7) is 2.54. The summed E-state index contributed by atoms with van der Waals surface area (Å²) in [7, 11) is 3.13. The zero-order chi connectivity index (χ0) is 20.6. The SMILES string of the molecule is CCOc1ccc(-c2cc(C(=O)N/N=C/c3cc(OC)ccc3OC)[nH]n2)cc1. The Morgan fingerprint density at radius 3 is 2.55 bits per heavy atom. The summed E-state index contributed by atoms with van der Waals surface area (Å²) in [5.74, 6) is 1.65. The minimum Gasteiger partial charge on any atom is -0.497 e. The molecule has 0 aliphatic carbocycles. The normalized spacial score (nSPS) is 10.7. The van der Waals surface area contributed by atoms with Crippen LogP contribution in [0.3, 0.4) is 0 Å². The number of rotatable bonds is 8. The number of carbonyl (C=O) groups is 1. The van der Waals surface area contributed by atoms with Gasteiger partial charge in [-0.3, -0.25) is 9.89 Å². The Balaban J connectivity index is 1.67. The number of aromatic nitrogens is 2. The molecule has 8 nitrogen and oxygen atoms in total. The fourth-order valence-corrected chi connectivity index (χ4v) is 2.64. The highest BCUT2D eigenvalue weighted by atomic mass is 16.5. The predicted octanol–water partition coefficient (Wildman–Crippen LogP) is 3.26. The van der Waals surface area contributed by atoms with Crippen molar-refractivity contribution >= 4 is 12.1 Å². The standard InChI is InChI=1S/C21H22N4O4/c1-4-29-16-7-5-14(6-8-16)18-12-19(24-23-18)21(26)25-22-13-15-11-17(27-2)9-10-20(15)28-3/h5-13H,4H2,1-3H3,(H,23,24)(H,25,26)/b22-13+. The van der Waals surface area contributed by atoms with Crippen LogP contribution in [0, 0.1) is 0 Å². The van der Waals surface area contributed by atoms with Gasteiger partial charge in [-0.1, -0.05) is 0 Å². The molecule has 0 aliphatic rings. The smallest absolute Gasteiger partial charge is 0.289 e. The number of nitrogens with one attached hydrogen (secondary N) is 2. The van der Waals surface area contributed by atoms with Crippen molar-refractivity contribution in [1.82, 2.24) is 15.6 Å². The highest BCUT2D eigenvalue weighted by Gasteiger charge is 2.11. The lowest BCUT2D eigenvalue weighted by Gasteiger charge is -2.06. The van der Waals surface area contributed by atoms with E-state index in [-0.39, 0.29) is 0 Å². The molecule has 0 saturated carbocycles. The number of aromatic amines is 1. The summed E-state index contributed by atoms with van der Waals surface area (Å²) >= 11 is 0. The van der Waals surface area contributed by atoms with E-state index >= 15 is 0 Å². The van der Waals surface area contributed by atoms with Gasteiger partial charge in [-0.15, -0.1) is 0 Å². The lowest BCUT2D eigenvalue weighted by atomic mass is 10.1. The molecule has 0 spiro atoms. The molecule has 150 valence electrons. The van der Waals surface area contributed by atoms with Crippen LogP contribution in [-0.4, -0.2) is 43.1 Å². The van der Waals surface area contributed by atoms with Gasteiger partial charge in [0.15, 0.2) is 0 Å². The Hall–Kier alpha value is -3.81. The molecule has 1 heterocycles. The minimum absolute atomic E-state index is 0.295. The maximum absolute atomic E-state index is 12.3. The zero-order valence-electron chi connectivity index (χ0n) is 16.4. The van der Waals surface area contributed by atoms with E-state index in [1.54, 1.807) is 38.5 Å². The fraction of sp³-hybridized carbons (Fsp3) is 0.190. The first-order valence-corrected chi connectivity index (χ1v) is 8.98. The second-order valence-corrected chi connectivity index (χ2v) is 5.93. The van der Waals surface area contributed by atoms with Crippen LogP contribution in [0.5, 0.6) is 17.2 Å². The number of hydrogen-bond acceptors (Lipinski definition) is 6. The van der Waals surface area contributed by atoms with E-state index in [0.717, 1.165) is 11.3 Å². The molecule has 1 amide bonds. The van der Waals surface area contributed by atoms with Crippen LogP contribution < -0.4 is 19.6 Å². The van der Waals surface area contributed by atoms with Gasteiger partial charge in [-0.2, -0.15) is 10.2 Å². The first-order chi connectivity index (χ1) is 14.1. The summed E-state index contributed by atoms with van der Waals surface area (Å²) < 4.78 is 15.9. The molecular formula is C21H22N4O4. The molecule has 0 saturated heterocycles. The minimum atomic E-state index is -0.409. The van der Waals surface area contributed by atoms with Crippen molar-refractivity contribution in [2.24, 2.45) is 5.10 Å². The fourth-order valence-electron chi connectivity index (χ4n) is 2.64. The van der Waals surface area contributed by atoms with E-state index in [1.165, 1.54) is 6.21 Å². The molecule has 3 rings (SSSR count). The molecule has 2 N–H and O–H groups in total. The monoisotopic (exact) mass is 394 g/mol. The molecule has 1 aromatic heterocycles. The predicted molar refractivity (Wildman–Crippen MR) is 110 cm³/mol. The summed E-state index contributed by atoms with van der Waals surface area (Å²) in [6, 6.07) is 14.5. The highest BCUT2D eigenvalue weighted by Crippen LogP contribution is 2.23. The first-order valence-electron chi connectivity index (χ1n) is 8.98. The second kappa shape index (κ2) is 9.41. The van der Waals surface area contributed by atoms with Crippen LogP contribution in [0.25, 0.3) is 11.3 Å². The van der Waals surface area contributed by atoms with Gasteiger partial charge in [0.2, 0.25) is 0 Å². The van der Waals surface area contributed by atoms with Gasteiger partial charge in [-0.05, 0) is 55.5 Å². The average Bonchev–Trinajstić information content (AvgIpc) is 3.25. The average molecular weight is 394 g/mol. The van der Waals surface area contributed by atoms with Crippen molar-refractivity contribution in [3.05, 3.63) is 59.8 Å². The van der Waals surface area contributed by atoms with E-state index in [4.69, 9.17) is 14.2 Å².